The first kappa shape index (κ1) is 16.3. The van der Waals surface area contributed by atoms with E-state index in [1.807, 2.05) is 43.6 Å². The first-order valence-corrected chi connectivity index (χ1v) is 8.46. The number of carbonyl (C=O) groups excluding carboxylic acids is 2. The Bertz CT molecular complexity index is 996. The number of fused-ring (bicyclic) bond motifs is 1. The fraction of sp³-hybridized carbons (Fsp3) is 0.263. The van der Waals surface area contributed by atoms with Gasteiger partial charge in [0.15, 0.2) is 0 Å². The van der Waals surface area contributed by atoms with Gasteiger partial charge in [-0.2, -0.15) is 5.10 Å². The van der Waals surface area contributed by atoms with E-state index in [9.17, 15) is 9.59 Å². The summed E-state index contributed by atoms with van der Waals surface area (Å²) in [5, 5.41) is 5.15. The smallest absolute Gasteiger partial charge is 0.272 e. The molecule has 0 saturated carbocycles. The highest BCUT2D eigenvalue weighted by Crippen LogP contribution is 2.33. The molecular formula is C19H19N5O2. The van der Waals surface area contributed by atoms with Crippen molar-refractivity contribution in [1.82, 2.24) is 19.7 Å². The van der Waals surface area contributed by atoms with Crippen molar-refractivity contribution < 1.29 is 9.59 Å². The van der Waals surface area contributed by atoms with Crippen LogP contribution in [0.2, 0.25) is 0 Å². The normalized spacial score (nSPS) is 19.8. The Morgan fingerprint density at radius 1 is 1.15 bits per heavy atom. The van der Waals surface area contributed by atoms with Crippen LogP contribution in [0.25, 0.3) is 10.9 Å². The van der Waals surface area contributed by atoms with Crippen molar-refractivity contribution in [2.45, 2.75) is 5.92 Å². The minimum absolute atomic E-state index is 0.148. The molecule has 3 heterocycles. The average Bonchev–Trinajstić information content (AvgIpc) is 3.27. The largest absolute Gasteiger partial charge is 0.369 e. The molecule has 7 nitrogen and oxygen atoms in total. The lowest BCUT2D eigenvalue weighted by Crippen LogP contribution is -2.32. The first-order valence-electron chi connectivity index (χ1n) is 8.46. The summed E-state index contributed by atoms with van der Waals surface area (Å²) in [6, 6.07) is 11.3. The summed E-state index contributed by atoms with van der Waals surface area (Å²) in [7, 11) is 1.82. The van der Waals surface area contributed by atoms with E-state index in [0.717, 1.165) is 16.5 Å². The Labute approximate surface area is 150 Å². The molecule has 1 fully saturated rings. The molecule has 1 aliphatic rings. The number of aryl methyl sites for hydroxylation is 1. The van der Waals surface area contributed by atoms with Crippen molar-refractivity contribution in [2.75, 3.05) is 13.1 Å². The number of rotatable bonds is 3. The van der Waals surface area contributed by atoms with Crippen LogP contribution in [0, 0.1) is 5.92 Å². The number of pyridine rings is 1. The number of aromatic nitrogens is 3. The SMILES string of the molecule is Cn1cc([C@H]2CN(C(=O)c3ccc4ccccc4n3)C[C@@H]2C(N)=O)cn1. The summed E-state index contributed by atoms with van der Waals surface area (Å²) in [6.45, 7) is 0.717. The second-order valence-electron chi connectivity index (χ2n) is 6.66. The molecule has 4 rings (SSSR count). The number of nitrogens with zero attached hydrogens (tertiary/aromatic N) is 4. The highest BCUT2D eigenvalue weighted by atomic mass is 16.2. The number of hydrogen-bond acceptors (Lipinski definition) is 4. The Hall–Kier alpha value is -3.22. The minimum atomic E-state index is -0.427. The molecule has 1 aromatic carbocycles. The number of primary amides is 1. The van der Waals surface area contributed by atoms with Gasteiger partial charge in [0.1, 0.15) is 5.69 Å². The van der Waals surface area contributed by atoms with Gasteiger partial charge in [0.05, 0.1) is 17.6 Å². The molecule has 2 N–H and O–H groups in total. The molecule has 2 aromatic heterocycles. The summed E-state index contributed by atoms with van der Waals surface area (Å²) < 4.78 is 1.68. The maximum Gasteiger partial charge on any atom is 0.272 e. The first-order chi connectivity index (χ1) is 12.5. The molecule has 1 saturated heterocycles. The quantitative estimate of drug-likeness (QED) is 0.771. The van der Waals surface area contributed by atoms with Crippen LogP contribution in [0.5, 0.6) is 0 Å². The highest BCUT2D eigenvalue weighted by Gasteiger charge is 2.40. The van der Waals surface area contributed by atoms with Crippen molar-refractivity contribution in [3.8, 4) is 0 Å². The van der Waals surface area contributed by atoms with Gasteiger partial charge in [-0.15, -0.1) is 0 Å². The summed E-state index contributed by atoms with van der Waals surface area (Å²) >= 11 is 0. The van der Waals surface area contributed by atoms with Gasteiger partial charge >= 0.3 is 0 Å². The summed E-state index contributed by atoms with van der Waals surface area (Å²) in [4.78, 5) is 31.0. The maximum atomic E-state index is 12.9. The van der Waals surface area contributed by atoms with Crippen molar-refractivity contribution in [2.24, 2.45) is 18.7 Å². The molecular weight excluding hydrogens is 330 g/mol. The average molecular weight is 349 g/mol. The molecule has 132 valence electrons. The van der Waals surface area contributed by atoms with Gasteiger partial charge in [-0.25, -0.2) is 4.98 Å². The monoisotopic (exact) mass is 349 g/mol. The highest BCUT2D eigenvalue weighted by molar-refractivity contribution is 5.95. The van der Waals surface area contributed by atoms with E-state index in [1.165, 1.54) is 0 Å². The molecule has 1 aliphatic heterocycles. The molecule has 2 atom stereocenters. The number of likely N-dealkylation sites (tertiary alicyclic amines) is 1. The Morgan fingerprint density at radius 2 is 1.96 bits per heavy atom. The van der Waals surface area contributed by atoms with E-state index in [-0.39, 0.29) is 11.8 Å². The molecule has 26 heavy (non-hydrogen) atoms. The maximum absolute atomic E-state index is 12.9. The topological polar surface area (TPSA) is 94.1 Å². The summed E-state index contributed by atoms with van der Waals surface area (Å²) in [5.74, 6) is -1.16. The molecule has 0 aliphatic carbocycles. The molecule has 0 spiro atoms. The zero-order valence-corrected chi connectivity index (χ0v) is 14.4. The Morgan fingerprint density at radius 3 is 2.69 bits per heavy atom. The van der Waals surface area contributed by atoms with Gasteiger partial charge in [0, 0.05) is 37.6 Å². The van der Waals surface area contributed by atoms with E-state index in [2.05, 4.69) is 10.1 Å². The van der Waals surface area contributed by atoms with Gasteiger partial charge < -0.3 is 10.6 Å². The van der Waals surface area contributed by atoms with Gasteiger partial charge in [-0.05, 0) is 17.7 Å². The van der Waals surface area contributed by atoms with Crippen LogP contribution < -0.4 is 5.73 Å². The van der Waals surface area contributed by atoms with Crippen molar-refractivity contribution in [3.05, 3.63) is 60.0 Å². The molecule has 3 aromatic rings. The Kier molecular flexibility index (Phi) is 3.91. The number of amides is 2. The van der Waals surface area contributed by atoms with Crippen molar-refractivity contribution in [3.63, 3.8) is 0 Å². The zero-order valence-electron chi connectivity index (χ0n) is 14.4. The van der Waals surface area contributed by atoms with E-state index in [0.29, 0.717) is 18.8 Å². The fourth-order valence-corrected chi connectivity index (χ4v) is 3.57. The van der Waals surface area contributed by atoms with E-state index in [1.54, 1.807) is 21.8 Å². The second-order valence-corrected chi connectivity index (χ2v) is 6.66. The lowest BCUT2D eigenvalue weighted by Gasteiger charge is -2.15. The van der Waals surface area contributed by atoms with E-state index >= 15 is 0 Å². The summed E-state index contributed by atoms with van der Waals surface area (Å²) in [5.41, 5.74) is 7.65. The standard InChI is InChI=1S/C19H19N5O2/c1-23-9-13(8-21-23)14-10-24(11-15(14)18(20)25)19(26)17-7-6-12-4-2-3-5-16(12)22-17/h2-9,14-15H,10-11H2,1H3,(H2,20,25)/t14-,15+/m1/s1. The van der Waals surface area contributed by atoms with E-state index in [4.69, 9.17) is 5.73 Å². The number of benzene rings is 1. The predicted molar refractivity (Wildman–Crippen MR) is 96.3 cm³/mol. The van der Waals surface area contributed by atoms with Crippen LogP contribution in [-0.2, 0) is 11.8 Å². The van der Waals surface area contributed by atoms with Crippen LogP contribution in [0.3, 0.4) is 0 Å². The second kappa shape index (κ2) is 6.25. The lowest BCUT2D eigenvalue weighted by molar-refractivity contribution is -0.121. The number of nitrogens with two attached hydrogens (primary N) is 1. The van der Waals surface area contributed by atoms with Gasteiger partial charge in [-0.3, -0.25) is 14.3 Å². The van der Waals surface area contributed by atoms with Crippen LogP contribution in [0.4, 0.5) is 0 Å². The molecule has 0 radical (unpaired) electrons. The van der Waals surface area contributed by atoms with Crippen LogP contribution in [-0.4, -0.2) is 44.6 Å². The van der Waals surface area contributed by atoms with Gasteiger partial charge in [0.25, 0.3) is 5.91 Å². The zero-order chi connectivity index (χ0) is 18.3. The predicted octanol–water partition coefficient (Wildman–Crippen LogP) is 1.31. The number of carbonyl (C=O) groups is 2. The molecule has 7 heteroatoms. The Balaban J connectivity index is 1.62. The molecule has 2 amide bonds. The third-order valence-electron chi connectivity index (χ3n) is 4.94. The van der Waals surface area contributed by atoms with Crippen molar-refractivity contribution >= 4 is 22.7 Å². The molecule has 0 bridgehead atoms. The third-order valence-corrected chi connectivity index (χ3v) is 4.94. The third kappa shape index (κ3) is 2.81. The molecule has 0 unspecified atom stereocenters. The minimum Gasteiger partial charge on any atom is -0.369 e. The van der Waals surface area contributed by atoms with Gasteiger partial charge in [-0.1, -0.05) is 24.3 Å². The fourth-order valence-electron chi connectivity index (χ4n) is 3.57. The van der Waals surface area contributed by atoms with Crippen LogP contribution >= 0.6 is 0 Å². The lowest BCUT2D eigenvalue weighted by atomic mass is 9.90. The van der Waals surface area contributed by atoms with Gasteiger partial charge in [0.2, 0.25) is 5.91 Å². The van der Waals surface area contributed by atoms with Crippen LogP contribution in [0.15, 0.2) is 48.8 Å². The number of hydrogen-bond donors (Lipinski definition) is 1. The van der Waals surface area contributed by atoms with Crippen LogP contribution in [0.1, 0.15) is 22.0 Å². The number of para-hydroxylation sites is 1. The van der Waals surface area contributed by atoms with E-state index < -0.39 is 11.8 Å². The van der Waals surface area contributed by atoms with Crippen molar-refractivity contribution in [1.29, 1.82) is 0 Å². The summed E-state index contributed by atoms with van der Waals surface area (Å²) in [6.07, 6.45) is 3.59.